The maximum atomic E-state index is 12.8. The van der Waals surface area contributed by atoms with Crippen LogP contribution in [0.4, 0.5) is 4.79 Å². The molecule has 1 N–H and O–H groups in total. The van der Waals surface area contributed by atoms with Crippen LogP contribution in [-0.2, 0) is 13.2 Å². The SMILES string of the molecule is O=C(NCc1ccccc1)N1CCSC1c1cccc(OCc2ccccc2)c1. The molecule has 1 atom stereocenters. The van der Waals surface area contributed by atoms with Gasteiger partial charge in [-0.1, -0.05) is 72.8 Å². The Bertz CT molecular complexity index is 934. The van der Waals surface area contributed by atoms with Crippen molar-refractivity contribution in [3.05, 3.63) is 102 Å². The first kappa shape index (κ1) is 19.4. The van der Waals surface area contributed by atoms with Crippen LogP contribution in [0.5, 0.6) is 5.75 Å². The van der Waals surface area contributed by atoms with E-state index in [1.54, 1.807) is 11.8 Å². The molecule has 3 aromatic carbocycles. The van der Waals surface area contributed by atoms with Crippen LogP contribution in [0.15, 0.2) is 84.9 Å². The minimum absolute atomic E-state index is 0.00560. The molecule has 1 saturated heterocycles. The highest BCUT2D eigenvalue weighted by Crippen LogP contribution is 2.38. The number of amides is 2. The summed E-state index contributed by atoms with van der Waals surface area (Å²) in [5.74, 6) is 1.75. The van der Waals surface area contributed by atoms with Gasteiger partial charge in [-0.25, -0.2) is 4.79 Å². The Kier molecular flexibility index (Phi) is 6.37. The molecule has 0 radical (unpaired) electrons. The first-order chi connectivity index (χ1) is 14.3. The molecule has 4 nitrogen and oxygen atoms in total. The molecule has 5 heteroatoms. The summed E-state index contributed by atoms with van der Waals surface area (Å²) in [4.78, 5) is 14.7. The van der Waals surface area contributed by atoms with Gasteiger partial charge in [0.05, 0.1) is 0 Å². The first-order valence-electron chi connectivity index (χ1n) is 9.76. The number of ether oxygens (including phenoxy) is 1. The minimum Gasteiger partial charge on any atom is -0.489 e. The van der Waals surface area contributed by atoms with Crippen LogP contribution in [0.3, 0.4) is 0 Å². The van der Waals surface area contributed by atoms with Crippen molar-refractivity contribution in [3.8, 4) is 5.75 Å². The van der Waals surface area contributed by atoms with Crippen LogP contribution < -0.4 is 10.1 Å². The number of nitrogens with one attached hydrogen (secondary N) is 1. The van der Waals surface area contributed by atoms with Crippen molar-refractivity contribution in [2.45, 2.75) is 18.5 Å². The van der Waals surface area contributed by atoms with E-state index in [1.807, 2.05) is 71.6 Å². The van der Waals surface area contributed by atoms with Gasteiger partial charge in [-0.15, -0.1) is 11.8 Å². The van der Waals surface area contributed by atoms with E-state index in [1.165, 1.54) is 0 Å². The van der Waals surface area contributed by atoms with Crippen LogP contribution in [0.2, 0.25) is 0 Å². The lowest BCUT2D eigenvalue weighted by Crippen LogP contribution is -2.39. The summed E-state index contributed by atoms with van der Waals surface area (Å²) in [5.41, 5.74) is 3.32. The van der Waals surface area contributed by atoms with E-state index in [4.69, 9.17) is 4.74 Å². The van der Waals surface area contributed by atoms with Crippen molar-refractivity contribution >= 4 is 17.8 Å². The average Bonchev–Trinajstić information content (AvgIpc) is 3.28. The van der Waals surface area contributed by atoms with Gasteiger partial charge in [0.1, 0.15) is 17.7 Å². The van der Waals surface area contributed by atoms with Crippen molar-refractivity contribution in [2.75, 3.05) is 12.3 Å². The molecule has 0 spiro atoms. The van der Waals surface area contributed by atoms with E-state index in [2.05, 4.69) is 23.5 Å². The Morgan fingerprint density at radius 3 is 2.45 bits per heavy atom. The van der Waals surface area contributed by atoms with Crippen LogP contribution in [0, 0.1) is 0 Å². The first-order valence-corrected chi connectivity index (χ1v) is 10.8. The maximum absolute atomic E-state index is 12.8. The van der Waals surface area contributed by atoms with Gasteiger partial charge in [0, 0.05) is 18.8 Å². The van der Waals surface area contributed by atoms with Crippen LogP contribution in [0.1, 0.15) is 22.1 Å². The predicted octanol–water partition coefficient (Wildman–Crippen LogP) is 5.22. The van der Waals surface area contributed by atoms with Crippen LogP contribution in [-0.4, -0.2) is 23.2 Å². The standard InChI is InChI=1S/C24H24N2O2S/c27-24(25-17-19-8-3-1-4-9-19)26-14-15-29-23(26)21-12-7-13-22(16-21)28-18-20-10-5-2-6-11-20/h1-13,16,23H,14-15,17-18H2,(H,25,27). The van der Waals surface area contributed by atoms with Gasteiger partial charge in [-0.05, 0) is 28.8 Å². The molecule has 1 fully saturated rings. The van der Waals surface area contributed by atoms with Crippen molar-refractivity contribution in [2.24, 2.45) is 0 Å². The van der Waals surface area contributed by atoms with Crippen molar-refractivity contribution < 1.29 is 9.53 Å². The van der Waals surface area contributed by atoms with Gasteiger partial charge in [-0.2, -0.15) is 0 Å². The third kappa shape index (κ3) is 5.12. The van der Waals surface area contributed by atoms with E-state index >= 15 is 0 Å². The van der Waals surface area contributed by atoms with Gasteiger partial charge in [0.2, 0.25) is 0 Å². The number of carbonyl (C=O) groups excluding carboxylic acids is 1. The quantitative estimate of drug-likeness (QED) is 0.612. The maximum Gasteiger partial charge on any atom is 0.318 e. The topological polar surface area (TPSA) is 41.6 Å². The van der Waals surface area contributed by atoms with Gasteiger partial charge >= 0.3 is 6.03 Å². The van der Waals surface area contributed by atoms with Crippen molar-refractivity contribution in [3.63, 3.8) is 0 Å². The molecule has 0 bridgehead atoms. The zero-order valence-electron chi connectivity index (χ0n) is 16.2. The van der Waals surface area contributed by atoms with Crippen LogP contribution in [0.25, 0.3) is 0 Å². The summed E-state index contributed by atoms with van der Waals surface area (Å²) in [6.07, 6.45) is 0. The third-order valence-electron chi connectivity index (χ3n) is 4.83. The second-order valence-electron chi connectivity index (χ2n) is 6.91. The lowest BCUT2D eigenvalue weighted by molar-refractivity contribution is 0.199. The summed E-state index contributed by atoms with van der Waals surface area (Å²) in [6.45, 7) is 1.81. The number of nitrogens with zero attached hydrogens (tertiary/aromatic N) is 1. The number of rotatable bonds is 6. The minimum atomic E-state index is -0.0283. The highest BCUT2D eigenvalue weighted by atomic mass is 32.2. The summed E-state index contributed by atoms with van der Waals surface area (Å²) in [7, 11) is 0. The summed E-state index contributed by atoms with van der Waals surface area (Å²) < 4.78 is 5.97. The molecule has 4 rings (SSSR count). The number of hydrogen-bond donors (Lipinski definition) is 1. The smallest absolute Gasteiger partial charge is 0.318 e. The van der Waals surface area contributed by atoms with Crippen molar-refractivity contribution in [1.29, 1.82) is 0 Å². The molecule has 1 aliphatic heterocycles. The van der Waals surface area contributed by atoms with Crippen molar-refractivity contribution in [1.82, 2.24) is 10.2 Å². The third-order valence-corrected chi connectivity index (χ3v) is 6.09. The van der Waals surface area contributed by atoms with E-state index < -0.39 is 0 Å². The number of benzene rings is 3. The van der Waals surface area contributed by atoms with Gasteiger partial charge < -0.3 is 15.0 Å². The highest BCUT2D eigenvalue weighted by Gasteiger charge is 2.30. The number of carbonyl (C=O) groups is 1. The Labute approximate surface area is 175 Å². The molecular weight excluding hydrogens is 380 g/mol. The lowest BCUT2D eigenvalue weighted by atomic mass is 10.2. The molecule has 0 aliphatic carbocycles. The monoisotopic (exact) mass is 404 g/mol. The molecule has 29 heavy (non-hydrogen) atoms. The zero-order chi connectivity index (χ0) is 19.9. The van der Waals surface area contributed by atoms with E-state index in [9.17, 15) is 4.79 Å². The molecule has 0 saturated carbocycles. The molecular formula is C24H24N2O2S. The number of urea groups is 1. The molecule has 2 amide bonds. The number of hydrogen-bond acceptors (Lipinski definition) is 3. The molecule has 148 valence electrons. The normalized spacial score (nSPS) is 15.9. The van der Waals surface area contributed by atoms with E-state index in [-0.39, 0.29) is 11.4 Å². The fraction of sp³-hybridized carbons (Fsp3) is 0.208. The molecule has 1 heterocycles. The Balaban J connectivity index is 1.39. The Hall–Kier alpha value is -2.92. The molecule has 1 unspecified atom stereocenters. The van der Waals surface area contributed by atoms with E-state index in [0.717, 1.165) is 34.7 Å². The molecule has 1 aliphatic rings. The summed E-state index contributed by atoms with van der Waals surface area (Å²) >= 11 is 1.79. The van der Waals surface area contributed by atoms with Gasteiger partial charge in [-0.3, -0.25) is 0 Å². The van der Waals surface area contributed by atoms with Gasteiger partial charge in [0.25, 0.3) is 0 Å². The van der Waals surface area contributed by atoms with E-state index in [0.29, 0.717) is 13.2 Å². The van der Waals surface area contributed by atoms with Crippen LogP contribution >= 0.6 is 11.8 Å². The second-order valence-corrected chi connectivity index (χ2v) is 8.10. The lowest BCUT2D eigenvalue weighted by Gasteiger charge is -2.25. The Morgan fingerprint density at radius 1 is 0.966 bits per heavy atom. The highest BCUT2D eigenvalue weighted by molar-refractivity contribution is 7.99. The molecule has 3 aromatic rings. The fourth-order valence-corrected chi connectivity index (χ4v) is 4.57. The number of thioether (sulfide) groups is 1. The predicted molar refractivity (Wildman–Crippen MR) is 118 cm³/mol. The zero-order valence-corrected chi connectivity index (χ0v) is 17.0. The Morgan fingerprint density at radius 2 is 1.69 bits per heavy atom. The molecule has 0 aromatic heterocycles. The largest absolute Gasteiger partial charge is 0.489 e. The fourth-order valence-electron chi connectivity index (χ4n) is 3.33. The van der Waals surface area contributed by atoms with Gasteiger partial charge in [0.15, 0.2) is 0 Å². The second kappa shape index (κ2) is 9.52. The summed E-state index contributed by atoms with van der Waals surface area (Å²) in [6, 6.07) is 28.1. The summed E-state index contributed by atoms with van der Waals surface area (Å²) in [5, 5.41) is 3.05. The average molecular weight is 405 g/mol.